The van der Waals surface area contributed by atoms with E-state index in [1.165, 1.54) is 6.42 Å². The van der Waals surface area contributed by atoms with Gasteiger partial charge in [0.05, 0.1) is 0 Å². The van der Waals surface area contributed by atoms with Crippen LogP contribution in [0.15, 0.2) is 24.3 Å². The normalized spacial score (nSPS) is 18.8. The second-order valence-electron chi connectivity index (χ2n) is 4.72. The van der Waals surface area contributed by atoms with Gasteiger partial charge in [-0.25, -0.2) is 0 Å². The van der Waals surface area contributed by atoms with Crippen molar-refractivity contribution in [3.05, 3.63) is 34.9 Å². The molecule has 98 valence electrons. The second-order valence-corrected chi connectivity index (χ2v) is 5.16. The number of aryl methyl sites for hydroxylation is 1. The Labute approximate surface area is 113 Å². The van der Waals surface area contributed by atoms with E-state index in [1.807, 2.05) is 24.3 Å². The lowest BCUT2D eigenvalue weighted by molar-refractivity contribution is -0.121. The van der Waals surface area contributed by atoms with Crippen LogP contribution in [0.3, 0.4) is 0 Å². The molecular weight excluding hydrogens is 248 g/mol. The first-order valence-electron chi connectivity index (χ1n) is 6.48. The fourth-order valence-corrected chi connectivity index (χ4v) is 2.29. The third kappa shape index (κ3) is 4.31. The van der Waals surface area contributed by atoms with E-state index in [4.69, 9.17) is 11.6 Å². The molecule has 1 amide bonds. The summed E-state index contributed by atoms with van der Waals surface area (Å²) in [5.41, 5.74) is 1.15. The lowest BCUT2D eigenvalue weighted by Gasteiger charge is -2.11. The van der Waals surface area contributed by atoms with Gasteiger partial charge in [-0.3, -0.25) is 4.79 Å². The van der Waals surface area contributed by atoms with Crippen LogP contribution in [-0.2, 0) is 11.2 Å². The van der Waals surface area contributed by atoms with Crippen LogP contribution in [-0.4, -0.2) is 25.0 Å². The van der Waals surface area contributed by atoms with Gasteiger partial charge in [0.2, 0.25) is 5.91 Å². The van der Waals surface area contributed by atoms with Crippen molar-refractivity contribution in [2.75, 3.05) is 13.1 Å². The molecule has 0 saturated carbocycles. The number of hydrogen-bond acceptors (Lipinski definition) is 2. The third-order valence-corrected chi connectivity index (χ3v) is 3.51. The minimum Gasteiger partial charge on any atom is -0.355 e. The summed E-state index contributed by atoms with van der Waals surface area (Å²) in [6.45, 7) is 1.82. The van der Waals surface area contributed by atoms with Crippen molar-refractivity contribution in [3.63, 3.8) is 0 Å². The Kier molecular flexibility index (Phi) is 5.02. The number of nitrogens with one attached hydrogen (secondary N) is 2. The summed E-state index contributed by atoms with van der Waals surface area (Å²) in [5.74, 6) is 0.124. The van der Waals surface area contributed by atoms with Gasteiger partial charge in [0, 0.05) is 24.0 Å². The highest BCUT2D eigenvalue weighted by atomic mass is 35.5. The van der Waals surface area contributed by atoms with Gasteiger partial charge in [-0.2, -0.15) is 0 Å². The van der Waals surface area contributed by atoms with Crippen molar-refractivity contribution in [1.82, 2.24) is 10.6 Å². The molecule has 18 heavy (non-hydrogen) atoms. The lowest BCUT2D eigenvalue weighted by atomic mass is 10.1. The summed E-state index contributed by atoms with van der Waals surface area (Å²) in [6, 6.07) is 8.11. The Morgan fingerprint density at radius 2 is 2.17 bits per heavy atom. The van der Waals surface area contributed by atoms with Gasteiger partial charge in [0.1, 0.15) is 0 Å². The molecular formula is C14H19ClN2O. The maximum absolute atomic E-state index is 11.7. The number of hydrogen-bond donors (Lipinski definition) is 2. The van der Waals surface area contributed by atoms with Gasteiger partial charge in [0.15, 0.2) is 0 Å². The third-order valence-electron chi connectivity index (χ3n) is 3.26. The van der Waals surface area contributed by atoms with E-state index >= 15 is 0 Å². The first kappa shape index (κ1) is 13.4. The summed E-state index contributed by atoms with van der Waals surface area (Å²) in [7, 11) is 0. The van der Waals surface area contributed by atoms with Crippen molar-refractivity contribution in [3.8, 4) is 0 Å². The molecule has 1 heterocycles. The van der Waals surface area contributed by atoms with Crippen molar-refractivity contribution in [2.45, 2.75) is 31.7 Å². The van der Waals surface area contributed by atoms with E-state index in [1.54, 1.807) is 0 Å². The molecule has 2 rings (SSSR count). The van der Waals surface area contributed by atoms with E-state index in [0.717, 1.165) is 36.5 Å². The Balaban J connectivity index is 1.66. The summed E-state index contributed by atoms with van der Waals surface area (Å²) < 4.78 is 0. The number of benzene rings is 1. The molecule has 1 aliphatic rings. The Hall–Kier alpha value is -1.06. The number of carbonyl (C=O) groups is 1. The first-order valence-corrected chi connectivity index (χ1v) is 6.86. The molecule has 1 atom stereocenters. The van der Waals surface area contributed by atoms with E-state index in [2.05, 4.69) is 10.6 Å². The molecule has 0 aliphatic carbocycles. The van der Waals surface area contributed by atoms with Gasteiger partial charge in [-0.05, 0) is 43.5 Å². The molecule has 1 unspecified atom stereocenters. The SMILES string of the molecule is O=C(CCc1ccc(Cl)cc1)NCC1CCCN1. The van der Waals surface area contributed by atoms with Crippen molar-refractivity contribution in [1.29, 1.82) is 0 Å². The molecule has 3 nitrogen and oxygen atoms in total. The Morgan fingerprint density at radius 1 is 1.39 bits per heavy atom. The first-order chi connectivity index (χ1) is 8.74. The van der Waals surface area contributed by atoms with Crippen LogP contribution < -0.4 is 10.6 Å². The minimum atomic E-state index is 0.124. The van der Waals surface area contributed by atoms with Gasteiger partial charge in [-0.15, -0.1) is 0 Å². The molecule has 1 aromatic rings. The average molecular weight is 267 g/mol. The van der Waals surface area contributed by atoms with Crippen LogP contribution in [0.1, 0.15) is 24.8 Å². The molecule has 1 fully saturated rings. The fourth-order valence-electron chi connectivity index (χ4n) is 2.17. The number of carbonyl (C=O) groups excluding carboxylic acids is 1. The largest absolute Gasteiger partial charge is 0.355 e. The Morgan fingerprint density at radius 3 is 2.83 bits per heavy atom. The van der Waals surface area contributed by atoms with Gasteiger partial charge in [-0.1, -0.05) is 23.7 Å². The van der Waals surface area contributed by atoms with Crippen LogP contribution in [0.25, 0.3) is 0 Å². The van der Waals surface area contributed by atoms with Gasteiger partial charge < -0.3 is 10.6 Å². The zero-order valence-corrected chi connectivity index (χ0v) is 11.2. The van der Waals surface area contributed by atoms with Crippen molar-refractivity contribution in [2.24, 2.45) is 0 Å². The van der Waals surface area contributed by atoms with Crippen LogP contribution in [0, 0.1) is 0 Å². The lowest BCUT2D eigenvalue weighted by Crippen LogP contribution is -2.37. The van der Waals surface area contributed by atoms with Crippen LogP contribution >= 0.6 is 11.6 Å². The second kappa shape index (κ2) is 6.76. The monoisotopic (exact) mass is 266 g/mol. The van der Waals surface area contributed by atoms with E-state index in [9.17, 15) is 4.79 Å². The molecule has 0 bridgehead atoms. The summed E-state index contributed by atoms with van der Waals surface area (Å²) in [6.07, 6.45) is 3.68. The molecule has 0 radical (unpaired) electrons. The topological polar surface area (TPSA) is 41.1 Å². The zero-order valence-electron chi connectivity index (χ0n) is 10.4. The van der Waals surface area contributed by atoms with Crippen LogP contribution in [0.5, 0.6) is 0 Å². The maximum atomic E-state index is 11.7. The smallest absolute Gasteiger partial charge is 0.220 e. The summed E-state index contributed by atoms with van der Waals surface area (Å²) in [5, 5.41) is 7.07. The molecule has 1 saturated heterocycles. The van der Waals surface area contributed by atoms with E-state index in [-0.39, 0.29) is 5.91 Å². The predicted molar refractivity (Wildman–Crippen MR) is 73.8 cm³/mol. The summed E-state index contributed by atoms with van der Waals surface area (Å²) >= 11 is 5.81. The molecule has 0 aromatic heterocycles. The van der Waals surface area contributed by atoms with E-state index in [0.29, 0.717) is 12.5 Å². The standard InChI is InChI=1S/C14H19ClN2O/c15-12-6-3-11(4-7-12)5-8-14(18)17-10-13-2-1-9-16-13/h3-4,6-7,13,16H,1-2,5,8-10H2,(H,17,18). The van der Waals surface area contributed by atoms with Gasteiger partial charge >= 0.3 is 0 Å². The molecule has 1 aliphatic heterocycles. The summed E-state index contributed by atoms with van der Waals surface area (Å²) in [4.78, 5) is 11.7. The molecule has 2 N–H and O–H groups in total. The predicted octanol–water partition coefficient (Wildman–Crippen LogP) is 2.14. The molecule has 4 heteroatoms. The van der Waals surface area contributed by atoms with Crippen LogP contribution in [0.2, 0.25) is 5.02 Å². The number of amides is 1. The zero-order chi connectivity index (χ0) is 12.8. The van der Waals surface area contributed by atoms with E-state index < -0.39 is 0 Å². The highest BCUT2D eigenvalue weighted by Crippen LogP contribution is 2.11. The fraction of sp³-hybridized carbons (Fsp3) is 0.500. The molecule has 0 spiro atoms. The Bertz CT molecular complexity index is 385. The van der Waals surface area contributed by atoms with Gasteiger partial charge in [0.25, 0.3) is 0 Å². The maximum Gasteiger partial charge on any atom is 0.220 e. The molecule has 1 aromatic carbocycles. The van der Waals surface area contributed by atoms with Crippen molar-refractivity contribution < 1.29 is 4.79 Å². The quantitative estimate of drug-likeness (QED) is 0.857. The minimum absolute atomic E-state index is 0.124. The average Bonchev–Trinajstić information content (AvgIpc) is 2.89. The number of halogens is 1. The highest BCUT2D eigenvalue weighted by molar-refractivity contribution is 6.30. The van der Waals surface area contributed by atoms with Crippen molar-refractivity contribution >= 4 is 17.5 Å². The highest BCUT2D eigenvalue weighted by Gasteiger charge is 2.14. The number of rotatable bonds is 5. The van der Waals surface area contributed by atoms with Crippen LogP contribution in [0.4, 0.5) is 0 Å².